The zero-order valence-corrected chi connectivity index (χ0v) is 18.3. The molecule has 0 aromatic carbocycles. The molecule has 0 bridgehead atoms. The van der Waals surface area contributed by atoms with Crippen molar-refractivity contribution in [3.8, 4) is 29.1 Å². The standard InChI is InChI=1S/C23H20N6O2S/c1-30-8-9-31-17-4-5-20(27-12-17)21-18(10-24)22(15-2-3-15)29-23(19(21)11-25)32-13-16-6-7-26-14-28-16/h4-7,12,14-15H,2-3,8-9,13H2,1H3. The summed E-state index contributed by atoms with van der Waals surface area (Å²) in [6, 6.07) is 9.93. The van der Waals surface area contributed by atoms with Crippen molar-refractivity contribution < 1.29 is 9.47 Å². The summed E-state index contributed by atoms with van der Waals surface area (Å²) in [5.41, 5.74) is 3.44. The second-order valence-electron chi connectivity index (χ2n) is 7.13. The predicted octanol–water partition coefficient (Wildman–Crippen LogP) is 3.87. The first-order valence-electron chi connectivity index (χ1n) is 10.1. The Kier molecular flexibility index (Phi) is 6.90. The third-order valence-corrected chi connectivity index (χ3v) is 5.94. The van der Waals surface area contributed by atoms with Crippen LogP contribution in [0.3, 0.4) is 0 Å². The average Bonchev–Trinajstić information content (AvgIpc) is 3.68. The summed E-state index contributed by atoms with van der Waals surface area (Å²) >= 11 is 1.43. The van der Waals surface area contributed by atoms with Gasteiger partial charge in [-0.15, -0.1) is 0 Å². The monoisotopic (exact) mass is 444 g/mol. The van der Waals surface area contributed by atoms with Crippen molar-refractivity contribution in [2.24, 2.45) is 0 Å². The van der Waals surface area contributed by atoms with Crippen molar-refractivity contribution in [2.45, 2.75) is 29.5 Å². The van der Waals surface area contributed by atoms with Crippen molar-refractivity contribution in [3.05, 3.63) is 59.4 Å². The smallest absolute Gasteiger partial charge is 0.137 e. The minimum absolute atomic E-state index is 0.242. The lowest BCUT2D eigenvalue weighted by molar-refractivity contribution is 0.146. The van der Waals surface area contributed by atoms with Crippen molar-refractivity contribution in [1.82, 2.24) is 19.9 Å². The van der Waals surface area contributed by atoms with E-state index in [9.17, 15) is 10.5 Å². The minimum Gasteiger partial charge on any atom is -0.490 e. The van der Waals surface area contributed by atoms with E-state index < -0.39 is 0 Å². The normalized spacial score (nSPS) is 12.7. The van der Waals surface area contributed by atoms with Gasteiger partial charge >= 0.3 is 0 Å². The molecule has 3 heterocycles. The van der Waals surface area contributed by atoms with Gasteiger partial charge in [0.1, 0.15) is 35.8 Å². The number of pyridine rings is 2. The third-order valence-electron chi connectivity index (χ3n) is 4.93. The Morgan fingerprint density at radius 1 is 1.09 bits per heavy atom. The molecule has 1 saturated carbocycles. The van der Waals surface area contributed by atoms with Crippen LogP contribution in [-0.4, -0.2) is 40.3 Å². The topological polar surface area (TPSA) is 118 Å². The highest BCUT2D eigenvalue weighted by molar-refractivity contribution is 7.98. The molecule has 160 valence electrons. The summed E-state index contributed by atoms with van der Waals surface area (Å²) in [6.45, 7) is 0.885. The lowest BCUT2D eigenvalue weighted by Gasteiger charge is -2.14. The van der Waals surface area contributed by atoms with Crippen LogP contribution in [0.15, 0.2) is 41.9 Å². The van der Waals surface area contributed by atoms with Gasteiger partial charge in [0.25, 0.3) is 0 Å². The van der Waals surface area contributed by atoms with Gasteiger partial charge < -0.3 is 9.47 Å². The predicted molar refractivity (Wildman–Crippen MR) is 118 cm³/mol. The summed E-state index contributed by atoms with van der Waals surface area (Å²) in [7, 11) is 1.61. The fourth-order valence-corrected chi connectivity index (χ4v) is 4.12. The zero-order chi connectivity index (χ0) is 22.3. The Bertz CT molecular complexity index is 1170. The van der Waals surface area contributed by atoms with Gasteiger partial charge in [0.2, 0.25) is 0 Å². The average molecular weight is 445 g/mol. The van der Waals surface area contributed by atoms with Crippen LogP contribution in [0.5, 0.6) is 5.75 Å². The Hall–Kier alpha value is -3.53. The largest absolute Gasteiger partial charge is 0.490 e. The molecule has 0 atom stereocenters. The minimum atomic E-state index is 0.242. The van der Waals surface area contributed by atoms with Gasteiger partial charge in [0, 0.05) is 30.5 Å². The number of hydrogen-bond acceptors (Lipinski definition) is 9. The molecule has 0 saturated heterocycles. The Morgan fingerprint density at radius 3 is 2.56 bits per heavy atom. The number of rotatable bonds is 9. The molecule has 0 spiro atoms. The van der Waals surface area contributed by atoms with Crippen LogP contribution >= 0.6 is 11.8 Å². The Labute approximate surface area is 190 Å². The molecule has 8 nitrogen and oxygen atoms in total. The van der Waals surface area contributed by atoms with Crippen LogP contribution in [0, 0.1) is 22.7 Å². The lowest BCUT2D eigenvalue weighted by Crippen LogP contribution is -2.06. The number of ether oxygens (including phenoxy) is 2. The number of hydrogen-bond donors (Lipinski definition) is 0. The highest BCUT2D eigenvalue weighted by atomic mass is 32.2. The summed E-state index contributed by atoms with van der Waals surface area (Å²) in [6.07, 6.45) is 6.75. The fraction of sp³-hybridized carbons (Fsp3) is 0.304. The number of nitriles is 2. The molecule has 1 fully saturated rings. The van der Waals surface area contributed by atoms with Gasteiger partial charge in [-0.1, -0.05) is 11.8 Å². The van der Waals surface area contributed by atoms with Crippen LogP contribution in [-0.2, 0) is 10.5 Å². The SMILES string of the molecule is COCCOc1ccc(-c2c(C#N)c(SCc3ccncn3)nc(C3CC3)c2C#N)nc1. The third kappa shape index (κ3) is 4.86. The molecule has 1 aliphatic rings. The van der Waals surface area contributed by atoms with Gasteiger partial charge in [-0.25, -0.2) is 15.0 Å². The maximum atomic E-state index is 10.0. The maximum absolute atomic E-state index is 10.0. The first-order chi connectivity index (χ1) is 15.7. The van der Waals surface area contributed by atoms with E-state index in [0.717, 1.165) is 24.2 Å². The lowest BCUT2D eigenvalue weighted by atomic mass is 9.97. The summed E-state index contributed by atoms with van der Waals surface area (Å²) < 4.78 is 10.6. The number of methoxy groups -OCH3 is 1. The van der Waals surface area contributed by atoms with E-state index in [2.05, 4.69) is 27.1 Å². The maximum Gasteiger partial charge on any atom is 0.137 e. The van der Waals surface area contributed by atoms with Crippen LogP contribution in [0.4, 0.5) is 0 Å². The Morgan fingerprint density at radius 2 is 1.94 bits per heavy atom. The van der Waals surface area contributed by atoms with Crippen molar-refractivity contribution in [3.63, 3.8) is 0 Å². The molecule has 4 rings (SSSR count). The second kappa shape index (κ2) is 10.2. The molecule has 0 unspecified atom stereocenters. The Balaban J connectivity index is 1.73. The van der Waals surface area contributed by atoms with E-state index in [0.29, 0.717) is 52.1 Å². The molecule has 3 aromatic heterocycles. The molecule has 0 amide bonds. The fourth-order valence-electron chi connectivity index (χ4n) is 3.21. The van der Waals surface area contributed by atoms with Crippen LogP contribution in [0.1, 0.15) is 41.3 Å². The first kappa shape index (κ1) is 21.7. The zero-order valence-electron chi connectivity index (χ0n) is 17.5. The highest BCUT2D eigenvalue weighted by Gasteiger charge is 2.32. The molecular formula is C23H20N6O2S. The number of nitrogens with zero attached hydrogens (tertiary/aromatic N) is 6. The number of aromatic nitrogens is 4. The van der Waals surface area contributed by atoms with Crippen molar-refractivity contribution in [1.29, 1.82) is 10.5 Å². The molecule has 0 aliphatic heterocycles. The van der Waals surface area contributed by atoms with E-state index in [1.807, 2.05) is 6.07 Å². The summed E-state index contributed by atoms with van der Waals surface area (Å²) in [5, 5.41) is 20.6. The molecule has 9 heteroatoms. The van der Waals surface area contributed by atoms with E-state index in [4.69, 9.17) is 14.5 Å². The van der Waals surface area contributed by atoms with Gasteiger partial charge in [-0.2, -0.15) is 10.5 Å². The van der Waals surface area contributed by atoms with Crippen molar-refractivity contribution >= 4 is 11.8 Å². The van der Waals surface area contributed by atoms with Gasteiger partial charge in [-0.3, -0.25) is 4.98 Å². The summed E-state index contributed by atoms with van der Waals surface area (Å²) in [5.74, 6) is 1.38. The quantitative estimate of drug-likeness (QED) is 0.358. The van der Waals surface area contributed by atoms with Crippen LogP contribution < -0.4 is 4.74 Å². The summed E-state index contributed by atoms with van der Waals surface area (Å²) in [4.78, 5) is 17.4. The van der Waals surface area contributed by atoms with Crippen LogP contribution in [0.25, 0.3) is 11.3 Å². The second-order valence-corrected chi connectivity index (χ2v) is 8.10. The molecule has 0 N–H and O–H groups in total. The van der Waals surface area contributed by atoms with Crippen molar-refractivity contribution in [2.75, 3.05) is 20.3 Å². The molecular weight excluding hydrogens is 424 g/mol. The number of thioether (sulfide) groups is 1. The van der Waals surface area contributed by atoms with E-state index in [1.165, 1.54) is 18.1 Å². The van der Waals surface area contributed by atoms with Crippen LogP contribution in [0.2, 0.25) is 0 Å². The van der Waals surface area contributed by atoms with Gasteiger partial charge in [-0.05, 0) is 31.0 Å². The molecule has 0 radical (unpaired) electrons. The molecule has 1 aliphatic carbocycles. The van der Waals surface area contributed by atoms with E-state index in [-0.39, 0.29) is 5.92 Å². The van der Waals surface area contributed by atoms with Gasteiger partial charge in [0.05, 0.1) is 41.0 Å². The van der Waals surface area contributed by atoms with Gasteiger partial charge in [0.15, 0.2) is 0 Å². The highest BCUT2D eigenvalue weighted by Crippen LogP contribution is 2.45. The molecule has 3 aromatic rings. The molecule has 32 heavy (non-hydrogen) atoms. The van der Waals surface area contributed by atoms with E-state index >= 15 is 0 Å². The first-order valence-corrected chi connectivity index (χ1v) is 11.1. The van der Waals surface area contributed by atoms with E-state index in [1.54, 1.807) is 31.6 Å².